The van der Waals surface area contributed by atoms with Gasteiger partial charge in [0.05, 0.1) is 6.54 Å². The minimum Gasteiger partial charge on any atom is -0.459 e. The van der Waals surface area contributed by atoms with Crippen molar-refractivity contribution >= 4 is 11.0 Å². The Morgan fingerprint density at radius 3 is 3.00 bits per heavy atom. The van der Waals surface area contributed by atoms with Crippen molar-refractivity contribution in [2.45, 2.75) is 39.8 Å². The molecule has 3 rings (SSSR count). The molecular formula is C18H26N2O. The Kier molecular flexibility index (Phi) is 4.61. The molecule has 1 saturated heterocycles. The number of para-hydroxylation sites is 1. The largest absolute Gasteiger partial charge is 0.459 e. The molecule has 2 aromatic rings. The third-order valence-electron chi connectivity index (χ3n) is 4.44. The van der Waals surface area contributed by atoms with E-state index in [9.17, 15) is 0 Å². The van der Waals surface area contributed by atoms with E-state index in [4.69, 9.17) is 4.42 Å². The minimum absolute atomic E-state index is 0.814. The van der Waals surface area contributed by atoms with Gasteiger partial charge in [-0.1, -0.05) is 32.0 Å². The quantitative estimate of drug-likeness (QED) is 0.907. The molecular weight excluding hydrogens is 260 g/mol. The lowest BCUT2D eigenvalue weighted by Gasteiger charge is -2.30. The van der Waals surface area contributed by atoms with Gasteiger partial charge < -0.3 is 9.73 Å². The van der Waals surface area contributed by atoms with Crippen LogP contribution in [0.15, 0.2) is 28.7 Å². The van der Waals surface area contributed by atoms with Crippen molar-refractivity contribution < 1.29 is 4.42 Å². The molecule has 0 spiro atoms. The van der Waals surface area contributed by atoms with Crippen molar-refractivity contribution in [2.24, 2.45) is 5.92 Å². The van der Waals surface area contributed by atoms with Gasteiger partial charge in [0.15, 0.2) is 0 Å². The zero-order valence-corrected chi connectivity index (χ0v) is 13.2. The van der Waals surface area contributed by atoms with Crippen LogP contribution in [0, 0.1) is 5.92 Å². The van der Waals surface area contributed by atoms with Crippen molar-refractivity contribution in [3.63, 3.8) is 0 Å². The van der Waals surface area contributed by atoms with Crippen LogP contribution < -0.4 is 5.32 Å². The molecule has 0 aliphatic carbocycles. The molecule has 1 unspecified atom stereocenters. The van der Waals surface area contributed by atoms with E-state index in [-0.39, 0.29) is 0 Å². The first-order valence-corrected chi connectivity index (χ1v) is 8.20. The summed E-state index contributed by atoms with van der Waals surface area (Å²) in [5.74, 6) is 1.92. The van der Waals surface area contributed by atoms with Crippen LogP contribution in [0.3, 0.4) is 0 Å². The number of piperidine rings is 1. The summed E-state index contributed by atoms with van der Waals surface area (Å²) in [4.78, 5) is 2.58. The van der Waals surface area contributed by atoms with Crippen molar-refractivity contribution in [1.82, 2.24) is 10.2 Å². The zero-order chi connectivity index (χ0) is 14.7. The lowest BCUT2D eigenvalue weighted by Crippen LogP contribution is -2.34. The lowest BCUT2D eigenvalue weighted by molar-refractivity contribution is 0.176. The van der Waals surface area contributed by atoms with E-state index in [0.717, 1.165) is 36.9 Å². The average Bonchev–Trinajstić information content (AvgIpc) is 2.83. The van der Waals surface area contributed by atoms with Crippen molar-refractivity contribution in [1.29, 1.82) is 0 Å². The average molecular weight is 286 g/mol. The molecule has 3 nitrogen and oxygen atoms in total. The monoisotopic (exact) mass is 286 g/mol. The molecule has 114 valence electrons. The molecule has 1 aromatic carbocycles. The summed E-state index contributed by atoms with van der Waals surface area (Å²) < 4.78 is 6.08. The molecule has 1 fully saturated rings. The fourth-order valence-corrected chi connectivity index (χ4v) is 3.36. The maximum Gasteiger partial charge on any atom is 0.134 e. The van der Waals surface area contributed by atoms with Crippen molar-refractivity contribution in [3.8, 4) is 0 Å². The summed E-state index contributed by atoms with van der Waals surface area (Å²) in [5, 5.41) is 4.68. The molecule has 1 aliphatic heterocycles. The number of likely N-dealkylation sites (tertiary alicyclic amines) is 1. The first kappa shape index (κ1) is 14.6. The lowest BCUT2D eigenvalue weighted by atomic mass is 9.99. The molecule has 0 amide bonds. The molecule has 1 atom stereocenters. The first-order valence-electron chi connectivity index (χ1n) is 8.20. The Balaban J connectivity index is 1.87. The van der Waals surface area contributed by atoms with Crippen molar-refractivity contribution in [2.75, 3.05) is 19.6 Å². The third kappa shape index (κ3) is 3.30. The fourth-order valence-electron chi connectivity index (χ4n) is 3.36. The molecule has 3 heteroatoms. The highest BCUT2D eigenvalue weighted by atomic mass is 16.3. The van der Waals surface area contributed by atoms with Gasteiger partial charge in [-0.25, -0.2) is 0 Å². The van der Waals surface area contributed by atoms with Gasteiger partial charge in [0, 0.05) is 24.0 Å². The number of rotatable bonds is 5. The summed E-state index contributed by atoms with van der Waals surface area (Å²) in [6, 6.07) is 8.43. The predicted octanol–water partition coefficient (Wildman–Crippen LogP) is 3.77. The Hall–Kier alpha value is -1.32. The van der Waals surface area contributed by atoms with Crippen LogP contribution in [0.2, 0.25) is 0 Å². The van der Waals surface area contributed by atoms with Crippen LogP contribution in [-0.2, 0) is 13.1 Å². The fraction of sp³-hybridized carbons (Fsp3) is 0.556. The van der Waals surface area contributed by atoms with E-state index in [1.165, 1.54) is 36.9 Å². The van der Waals surface area contributed by atoms with E-state index in [1.54, 1.807) is 0 Å². The predicted molar refractivity (Wildman–Crippen MR) is 87.3 cm³/mol. The van der Waals surface area contributed by atoms with Gasteiger partial charge in [0.25, 0.3) is 0 Å². The second-order valence-electron chi connectivity index (χ2n) is 6.26. The number of hydrogen-bond acceptors (Lipinski definition) is 3. The number of hydrogen-bond donors (Lipinski definition) is 1. The number of nitrogens with zero attached hydrogens (tertiary/aromatic N) is 1. The third-order valence-corrected chi connectivity index (χ3v) is 4.44. The van der Waals surface area contributed by atoms with E-state index < -0.39 is 0 Å². The van der Waals surface area contributed by atoms with Crippen LogP contribution in [0.5, 0.6) is 0 Å². The van der Waals surface area contributed by atoms with Crippen LogP contribution in [-0.4, -0.2) is 24.5 Å². The highest BCUT2D eigenvalue weighted by molar-refractivity contribution is 5.82. The van der Waals surface area contributed by atoms with Crippen LogP contribution in [0.1, 0.15) is 38.0 Å². The maximum absolute atomic E-state index is 6.08. The maximum atomic E-state index is 6.08. The van der Waals surface area contributed by atoms with E-state index >= 15 is 0 Å². The highest BCUT2D eigenvalue weighted by Gasteiger charge is 2.20. The highest BCUT2D eigenvalue weighted by Crippen LogP contribution is 2.28. The molecule has 1 aliphatic rings. The Labute approximate surface area is 127 Å². The second kappa shape index (κ2) is 6.63. The number of benzene rings is 1. The van der Waals surface area contributed by atoms with E-state index in [2.05, 4.69) is 48.3 Å². The zero-order valence-electron chi connectivity index (χ0n) is 13.2. The van der Waals surface area contributed by atoms with Crippen LogP contribution >= 0.6 is 0 Å². The number of furan rings is 1. The molecule has 0 bridgehead atoms. The van der Waals surface area contributed by atoms with Crippen molar-refractivity contribution in [3.05, 3.63) is 35.6 Å². The first-order chi connectivity index (χ1) is 10.3. The van der Waals surface area contributed by atoms with Crippen LogP contribution in [0.25, 0.3) is 11.0 Å². The molecule has 21 heavy (non-hydrogen) atoms. The van der Waals surface area contributed by atoms with E-state index in [1.807, 2.05) is 0 Å². The Bertz CT molecular complexity index is 590. The Morgan fingerprint density at radius 2 is 2.19 bits per heavy atom. The normalized spacial score (nSPS) is 20.2. The summed E-state index contributed by atoms with van der Waals surface area (Å²) in [6.45, 7) is 9.72. The number of fused-ring (bicyclic) bond motifs is 1. The molecule has 1 aromatic heterocycles. The molecule has 0 radical (unpaired) electrons. The Morgan fingerprint density at radius 1 is 1.33 bits per heavy atom. The summed E-state index contributed by atoms with van der Waals surface area (Å²) >= 11 is 0. The van der Waals surface area contributed by atoms with Gasteiger partial charge in [0.2, 0.25) is 0 Å². The minimum atomic E-state index is 0.814. The van der Waals surface area contributed by atoms with Gasteiger partial charge in [-0.05, 0) is 37.9 Å². The SMILES string of the molecule is CCNCc1oc2ccccc2c1CN1CCCC(C)C1. The van der Waals surface area contributed by atoms with Gasteiger partial charge in [-0.2, -0.15) is 0 Å². The summed E-state index contributed by atoms with van der Waals surface area (Å²) in [6.07, 6.45) is 2.69. The molecule has 1 N–H and O–H groups in total. The smallest absolute Gasteiger partial charge is 0.134 e. The van der Waals surface area contributed by atoms with E-state index in [0.29, 0.717) is 0 Å². The number of nitrogens with one attached hydrogen (secondary N) is 1. The summed E-state index contributed by atoms with van der Waals surface area (Å²) in [5.41, 5.74) is 2.39. The van der Waals surface area contributed by atoms with Gasteiger partial charge in [-0.15, -0.1) is 0 Å². The van der Waals surface area contributed by atoms with Gasteiger partial charge in [-0.3, -0.25) is 4.90 Å². The second-order valence-corrected chi connectivity index (χ2v) is 6.26. The van der Waals surface area contributed by atoms with Gasteiger partial charge in [0.1, 0.15) is 11.3 Å². The molecule has 0 saturated carbocycles. The van der Waals surface area contributed by atoms with Crippen LogP contribution in [0.4, 0.5) is 0 Å². The molecule has 2 heterocycles. The standard InChI is InChI=1S/C18H26N2O/c1-3-19-11-18-16(13-20-10-6-7-14(2)12-20)15-8-4-5-9-17(15)21-18/h4-5,8-9,14,19H,3,6-7,10-13H2,1-2H3. The van der Waals surface area contributed by atoms with Gasteiger partial charge >= 0.3 is 0 Å². The summed E-state index contributed by atoms with van der Waals surface area (Å²) in [7, 11) is 0. The topological polar surface area (TPSA) is 28.4 Å².